The first-order valence-electron chi connectivity index (χ1n) is 11.1. The number of unbranched alkanes of at least 4 members (excludes halogenated alkanes) is 1. The molecule has 1 N–H and O–H groups in total. The maximum atomic E-state index is 12.0. The molecule has 31 heavy (non-hydrogen) atoms. The Morgan fingerprint density at radius 2 is 1.90 bits per heavy atom. The highest BCUT2D eigenvalue weighted by Gasteiger charge is 2.21. The van der Waals surface area contributed by atoms with Gasteiger partial charge in [-0.2, -0.15) is 5.26 Å². The van der Waals surface area contributed by atoms with Crippen molar-refractivity contribution < 1.29 is 14.6 Å². The second-order valence-electron chi connectivity index (χ2n) is 7.89. The number of carbonyl (C=O) groups is 1. The van der Waals surface area contributed by atoms with E-state index in [0.717, 1.165) is 54.4 Å². The average Bonchev–Trinajstić information content (AvgIpc) is 2.79. The molecule has 1 unspecified atom stereocenters. The van der Waals surface area contributed by atoms with Gasteiger partial charge in [0.05, 0.1) is 6.61 Å². The number of carboxylic acids is 1. The Labute approximate surface area is 186 Å². The number of benzene rings is 2. The highest BCUT2D eigenvalue weighted by molar-refractivity contribution is 6.04. The van der Waals surface area contributed by atoms with E-state index in [1.54, 1.807) is 7.11 Å². The Hall–Kier alpha value is -2.90. The first-order chi connectivity index (χ1) is 15.0. The summed E-state index contributed by atoms with van der Waals surface area (Å²) in [6.45, 7) is 5.04. The number of nitriles is 1. The molecule has 0 fully saturated rings. The molecule has 2 rings (SSSR count). The van der Waals surface area contributed by atoms with E-state index in [-0.39, 0.29) is 5.57 Å². The van der Waals surface area contributed by atoms with Crippen LogP contribution >= 0.6 is 0 Å². The van der Waals surface area contributed by atoms with Crippen molar-refractivity contribution in [3.8, 4) is 6.07 Å². The van der Waals surface area contributed by atoms with Crippen molar-refractivity contribution in [3.05, 3.63) is 76.4 Å². The van der Waals surface area contributed by atoms with E-state index in [0.29, 0.717) is 18.1 Å². The Balaban J connectivity index is 2.66. The van der Waals surface area contributed by atoms with Gasteiger partial charge in [-0.1, -0.05) is 88.1 Å². The van der Waals surface area contributed by atoms with E-state index < -0.39 is 5.97 Å². The van der Waals surface area contributed by atoms with Crippen molar-refractivity contribution in [1.29, 1.82) is 5.26 Å². The fourth-order valence-electron chi connectivity index (χ4n) is 3.94. The number of methoxy groups -OCH3 is 1. The summed E-state index contributed by atoms with van der Waals surface area (Å²) < 4.78 is 5.25. The zero-order valence-corrected chi connectivity index (χ0v) is 18.9. The second-order valence-corrected chi connectivity index (χ2v) is 7.89. The number of nitrogens with zero attached hydrogens (tertiary/aromatic N) is 1. The number of ether oxygens (including phenoxy) is 1. The number of carboxylic acid groups (broad SMARTS) is 1. The van der Waals surface area contributed by atoms with Crippen LogP contribution in [-0.2, 0) is 22.4 Å². The third-order valence-corrected chi connectivity index (χ3v) is 5.72. The van der Waals surface area contributed by atoms with Gasteiger partial charge in [0.15, 0.2) is 0 Å². The van der Waals surface area contributed by atoms with Gasteiger partial charge in [-0.05, 0) is 41.0 Å². The molecule has 0 radical (unpaired) electrons. The van der Waals surface area contributed by atoms with Crippen LogP contribution in [0.5, 0.6) is 0 Å². The van der Waals surface area contributed by atoms with Gasteiger partial charge in [0, 0.05) is 12.7 Å². The zero-order valence-electron chi connectivity index (χ0n) is 18.9. The van der Waals surface area contributed by atoms with Crippen molar-refractivity contribution in [1.82, 2.24) is 0 Å². The lowest BCUT2D eigenvalue weighted by molar-refractivity contribution is -0.132. The highest BCUT2D eigenvalue weighted by Crippen LogP contribution is 2.33. The van der Waals surface area contributed by atoms with Crippen LogP contribution in [0.2, 0.25) is 0 Å². The minimum atomic E-state index is -1.20. The van der Waals surface area contributed by atoms with E-state index in [4.69, 9.17) is 4.74 Å². The highest BCUT2D eigenvalue weighted by atomic mass is 16.5. The molecule has 4 heteroatoms. The fourth-order valence-corrected chi connectivity index (χ4v) is 3.94. The lowest BCUT2D eigenvalue weighted by Gasteiger charge is -2.20. The summed E-state index contributed by atoms with van der Waals surface area (Å²) in [5, 5.41) is 19.5. The Morgan fingerprint density at radius 3 is 2.48 bits per heavy atom. The fraction of sp³-hybridized carbons (Fsp3) is 0.407. The monoisotopic (exact) mass is 419 g/mol. The predicted octanol–water partition coefficient (Wildman–Crippen LogP) is 6.04. The van der Waals surface area contributed by atoms with E-state index in [2.05, 4.69) is 19.9 Å². The predicted molar refractivity (Wildman–Crippen MR) is 125 cm³/mol. The summed E-state index contributed by atoms with van der Waals surface area (Å²) in [6, 6.07) is 17.5. The summed E-state index contributed by atoms with van der Waals surface area (Å²) in [5.74, 6) is -0.683. The van der Waals surface area contributed by atoms with Gasteiger partial charge in [0.25, 0.3) is 0 Å². The topological polar surface area (TPSA) is 70.3 Å². The molecule has 0 aliphatic heterocycles. The van der Waals surface area contributed by atoms with Gasteiger partial charge < -0.3 is 9.84 Å². The molecule has 0 saturated carbocycles. The molecule has 1 atom stereocenters. The molecule has 0 saturated heterocycles. The van der Waals surface area contributed by atoms with Crippen LogP contribution in [0.3, 0.4) is 0 Å². The van der Waals surface area contributed by atoms with E-state index in [1.807, 2.05) is 48.5 Å². The Bertz CT molecular complexity index is 925. The molecule has 0 aromatic heterocycles. The number of hydrogen-bond acceptors (Lipinski definition) is 3. The van der Waals surface area contributed by atoms with Gasteiger partial charge in [-0.15, -0.1) is 0 Å². The van der Waals surface area contributed by atoms with Crippen molar-refractivity contribution in [3.63, 3.8) is 0 Å². The van der Waals surface area contributed by atoms with Gasteiger partial charge in [-0.3, -0.25) is 0 Å². The summed E-state index contributed by atoms with van der Waals surface area (Å²) in [6.07, 6.45) is 6.20. The van der Waals surface area contributed by atoms with Crippen LogP contribution in [0, 0.1) is 17.2 Å². The summed E-state index contributed by atoms with van der Waals surface area (Å²) in [7, 11) is 1.69. The first-order valence-corrected chi connectivity index (χ1v) is 11.1. The standard InChI is InChI=1S/C27H33NO3/c1-4-6-10-20(5-2)17-23-18-21(15-16-31-3)13-14-24(23)26(25(19-28)27(29)30)22-11-8-7-9-12-22/h7-9,11-14,18,20H,4-6,10,15-17H2,1-3H3,(H,29,30). The van der Waals surface area contributed by atoms with Gasteiger partial charge in [-0.25, -0.2) is 4.79 Å². The lowest BCUT2D eigenvalue weighted by atomic mass is 9.84. The normalized spacial score (nSPS) is 12.7. The van der Waals surface area contributed by atoms with Crippen LogP contribution in [0.15, 0.2) is 54.1 Å². The quantitative estimate of drug-likeness (QED) is 0.336. The zero-order chi connectivity index (χ0) is 22.6. The Kier molecular flexibility index (Phi) is 10.00. The molecular formula is C27H33NO3. The second kappa shape index (κ2) is 12.7. The maximum Gasteiger partial charge on any atom is 0.347 e. The van der Waals surface area contributed by atoms with Gasteiger partial charge >= 0.3 is 5.97 Å². The molecule has 2 aromatic carbocycles. The van der Waals surface area contributed by atoms with E-state index in [1.165, 1.54) is 6.42 Å². The van der Waals surface area contributed by atoms with Crippen LogP contribution in [-0.4, -0.2) is 24.8 Å². The van der Waals surface area contributed by atoms with Crippen molar-refractivity contribution >= 4 is 11.5 Å². The summed E-state index contributed by atoms with van der Waals surface area (Å²) in [4.78, 5) is 12.0. The van der Waals surface area contributed by atoms with Crippen molar-refractivity contribution in [2.75, 3.05) is 13.7 Å². The average molecular weight is 420 g/mol. The van der Waals surface area contributed by atoms with Crippen LogP contribution in [0.1, 0.15) is 61.8 Å². The van der Waals surface area contributed by atoms with Crippen LogP contribution < -0.4 is 0 Å². The Morgan fingerprint density at radius 1 is 1.16 bits per heavy atom. The molecule has 0 aliphatic carbocycles. The minimum Gasteiger partial charge on any atom is -0.477 e. The third-order valence-electron chi connectivity index (χ3n) is 5.72. The van der Waals surface area contributed by atoms with Gasteiger partial charge in [0.2, 0.25) is 0 Å². The molecule has 164 valence electrons. The van der Waals surface area contributed by atoms with E-state index >= 15 is 0 Å². The van der Waals surface area contributed by atoms with Gasteiger partial charge in [0.1, 0.15) is 11.6 Å². The largest absolute Gasteiger partial charge is 0.477 e. The maximum absolute atomic E-state index is 12.0. The molecule has 0 amide bonds. The summed E-state index contributed by atoms with van der Waals surface area (Å²) >= 11 is 0. The first kappa shape index (κ1) is 24.4. The molecule has 4 nitrogen and oxygen atoms in total. The van der Waals surface area contributed by atoms with Crippen molar-refractivity contribution in [2.45, 2.75) is 52.4 Å². The van der Waals surface area contributed by atoms with Crippen LogP contribution in [0.4, 0.5) is 0 Å². The molecule has 0 bridgehead atoms. The molecular weight excluding hydrogens is 386 g/mol. The number of aliphatic carboxylic acids is 1. The molecule has 0 spiro atoms. The summed E-state index contributed by atoms with van der Waals surface area (Å²) in [5.41, 5.74) is 4.11. The SMILES string of the molecule is CCCCC(CC)Cc1cc(CCOC)ccc1C(=C(C#N)C(=O)O)c1ccccc1. The molecule has 0 aliphatic rings. The smallest absolute Gasteiger partial charge is 0.347 e. The molecule has 0 heterocycles. The third kappa shape index (κ3) is 6.80. The molecule has 2 aromatic rings. The number of hydrogen-bond donors (Lipinski definition) is 1. The van der Waals surface area contributed by atoms with Crippen LogP contribution in [0.25, 0.3) is 5.57 Å². The number of rotatable bonds is 12. The van der Waals surface area contributed by atoms with E-state index in [9.17, 15) is 15.2 Å². The lowest BCUT2D eigenvalue weighted by Crippen LogP contribution is -2.10. The minimum absolute atomic E-state index is 0.223. The van der Waals surface area contributed by atoms with Crippen molar-refractivity contribution in [2.24, 2.45) is 5.92 Å².